The summed E-state index contributed by atoms with van der Waals surface area (Å²) in [5.41, 5.74) is 3.48. The van der Waals surface area contributed by atoms with Crippen molar-refractivity contribution in [2.45, 2.75) is 57.9 Å². The van der Waals surface area contributed by atoms with Gasteiger partial charge in [0.25, 0.3) is 0 Å². The minimum Gasteiger partial charge on any atom is -0.361 e. The lowest BCUT2D eigenvalue weighted by molar-refractivity contribution is -0.141. The molecule has 2 aromatic rings. The van der Waals surface area contributed by atoms with Gasteiger partial charge in [0.15, 0.2) is 0 Å². The molecule has 0 unspecified atom stereocenters. The highest BCUT2D eigenvalue weighted by atomic mass is 16.2. The number of urea groups is 1. The Labute approximate surface area is 172 Å². The molecule has 156 valence electrons. The Balaban J connectivity index is 1.38. The summed E-state index contributed by atoms with van der Waals surface area (Å²) >= 11 is 0. The molecule has 4 rings (SSSR count). The second-order valence-corrected chi connectivity index (χ2v) is 8.67. The predicted octanol–water partition coefficient (Wildman–Crippen LogP) is 3.60. The molecule has 1 aliphatic carbocycles. The molecule has 2 aliphatic rings. The van der Waals surface area contributed by atoms with Gasteiger partial charge < -0.3 is 20.1 Å². The molecular weight excluding hydrogens is 364 g/mol. The Morgan fingerprint density at radius 2 is 1.97 bits per heavy atom. The van der Waals surface area contributed by atoms with E-state index in [9.17, 15) is 9.59 Å². The van der Waals surface area contributed by atoms with Crippen LogP contribution in [0.15, 0.2) is 24.4 Å². The highest BCUT2D eigenvalue weighted by Gasteiger charge is 2.44. The maximum atomic E-state index is 12.9. The number of benzene rings is 1. The molecule has 1 saturated carbocycles. The van der Waals surface area contributed by atoms with Crippen molar-refractivity contribution in [2.75, 3.05) is 26.2 Å². The number of aromatic amines is 1. The lowest BCUT2D eigenvalue weighted by Gasteiger charge is -2.52. The van der Waals surface area contributed by atoms with Crippen molar-refractivity contribution >= 4 is 22.8 Å². The molecule has 1 saturated heterocycles. The number of nitrogens with one attached hydrogen (secondary N) is 2. The fraction of sp³-hybridized carbons (Fsp3) is 0.565. The maximum absolute atomic E-state index is 12.9. The van der Waals surface area contributed by atoms with Crippen molar-refractivity contribution in [3.8, 4) is 0 Å². The number of carbonyl (C=O) groups excluding carboxylic acids is 2. The number of fused-ring (bicyclic) bond motifs is 1. The molecule has 6 heteroatoms. The monoisotopic (exact) mass is 396 g/mol. The summed E-state index contributed by atoms with van der Waals surface area (Å²) in [6.45, 7) is 6.31. The first-order valence-corrected chi connectivity index (χ1v) is 10.9. The van der Waals surface area contributed by atoms with Gasteiger partial charge in [-0.1, -0.05) is 31.4 Å². The number of hydrogen-bond acceptors (Lipinski definition) is 2. The third kappa shape index (κ3) is 3.85. The lowest BCUT2D eigenvalue weighted by atomic mass is 9.78. The van der Waals surface area contributed by atoms with E-state index in [4.69, 9.17) is 0 Å². The Morgan fingerprint density at radius 1 is 1.17 bits per heavy atom. The summed E-state index contributed by atoms with van der Waals surface area (Å²) in [5, 5.41) is 4.37. The number of aryl methyl sites for hydroxylation is 1. The summed E-state index contributed by atoms with van der Waals surface area (Å²) in [6, 6.07) is 6.26. The van der Waals surface area contributed by atoms with Gasteiger partial charge in [0, 0.05) is 50.2 Å². The van der Waals surface area contributed by atoms with E-state index in [1.165, 1.54) is 22.9 Å². The van der Waals surface area contributed by atoms with E-state index in [1.807, 2.05) is 16.0 Å². The van der Waals surface area contributed by atoms with Gasteiger partial charge in [-0.05, 0) is 43.4 Å². The number of carbonyl (C=O) groups is 2. The molecule has 2 N–H and O–H groups in total. The normalized spacial score (nSPS) is 19.0. The van der Waals surface area contributed by atoms with Crippen molar-refractivity contribution in [3.05, 3.63) is 35.5 Å². The summed E-state index contributed by atoms with van der Waals surface area (Å²) in [7, 11) is 0. The van der Waals surface area contributed by atoms with Crippen LogP contribution in [-0.4, -0.2) is 58.4 Å². The number of piperazine rings is 1. The second-order valence-electron chi connectivity index (χ2n) is 8.67. The summed E-state index contributed by atoms with van der Waals surface area (Å²) in [6.07, 6.45) is 8.36. The summed E-state index contributed by atoms with van der Waals surface area (Å²) in [4.78, 5) is 32.3. The second kappa shape index (κ2) is 8.09. The standard InChI is InChI=1S/C23H32N4O2/c1-17-7-6-8-20-21(17)19(15-25-20)9-12-24-22(29)26-13-14-27(18(2)28)23(16-26)10-4-3-5-11-23/h6-8,15,25H,3-5,9-14,16H2,1-2H3,(H,24,29). The minimum absolute atomic E-state index is 0.00489. The Kier molecular flexibility index (Phi) is 5.52. The van der Waals surface area contributed by atoms with Crippen molar-refractivity contribution in [2.24, 2.45) is 0 Å². The molecule has 0 bridgehead atoms. The maximum Gasteiger partial charge on any atom is 0.317 e. The van der Waals surface area contributed by atoms with Crippen LogP contribution in [0.2, 0.25) is 0 Å². The largest absolute Gasteiger partial charge is 0.361 e. The molecule has 2 heterocycles. The van der Waals surface area contributed by atoms with Crippen LogP contribution in [0.4, 0.5) is 4.79 Å². The topological polar surface area (TPSA) is 68.4 Å². The van der Waals surface area contributed by atoms with Crippen molar-refractivity contribution < 1.29 is 9.59 Å². The molecule has 29 heavy (non-hydrogen) atoms. The number of amides is 3. The summed E-state index contributed by atoms with van der Waals surface area (Å²) in [5.74, 6) is 0.140. The van der Waals surface area contributed by atoms with Crippen LogP contribution in [-0.2, 0) is 11.2 Å². The van der Waals surface area contributed by atoms with Gasteiger partial charge in [-0.25, -0.2) is 4.79 Å². The van der Waals surface area contributed by atoms with E-state index >= 15 is 0 Å². The Hall–Kier alpha value is -2.50. The van der Waals surface area contributed by atoms with E-state index in [1.54, 1.807) is 6.92 Å². The third-order valence-electron chi connectivity index (χ3n) is 6.77. The van der Waals surface area contributed by atoms with Crippen molar-refractivity contribution in [3.63, 3.8) is 0 Å². The molecule has 1 aromatic heterocycles. The van der Waals surface area contributed by atoms with Crippen LogP contribution in [0.3, 0.4) is 0 Å². The first-order chi connectivity index (χ1) is 14.0. The van der Waals surface area contributed by atoms with E-state index in [0.717, 1.165) is 37.6 Å². The zero-order valence-corrected chi connectivity index (χ0v) is 17.6. The molecule has 0 radical (unpaired) electrons. The lowest BCUT2D eigenvalue weighted by Crippen LogP contribution is -2.66. The molecule has 2 fully saturated rings. The van der Waals surface area contributed by atoms with Crippen LogP contribution in [0.25, 0.3) is 10.9 Å². The van der Waals surface area contributed by atoms with E-state index in [2.05, 4.69) is 35.4 Å². The molecule has 3 amide bonds. The fourth-order valence-electron chi connectivity index (χ4n) is 5.34. The van der Waals surface area contributed by atoms with Gasteiger partial charge in [-0.15, -0.1) is 0 Å². The molecule has 0 atom stereocenters. The molecule has 1 spiro atoms. The zero-order chi connectivity index (χ0) is 20.4. The number of H-pyrrole nitrogens is 1. The number of aromatic nitrogens is 1. The van der Waals surface area contributed by atoms with Crippen LogP contribution < -0.4 is 5.32 Å². The van der Waals surface area contributed by atoms with Gasteiger partial charge >= 0.3 is 6.03 Å². The first-order valence-electron chi connectivity index (χ1n) is 10.9. The highest BCUT2D eigenvalue weighted by Crippen LogP contribution is 2.36. The first kappa shape index (κ1) is 19.8. The van der Waals surface area contributed by atoms with Gasteiger partial charge in [0.05, 0.1) is 5.54 Å². The average molecular weight is 397 g/mol. The van der Waals surface area contributed by atoms with Crippen LogP contribution in [0, 0.1) is 6.92 Å². The van der Waals surface area contributed by atoms with Crippen molar-refractivity contribution in [1.29, 1.82) is 0 Å². The van der Waals surface area contributed by atoms with Gasteiger partial charge in [0.2, 0.25) is 5.91 Å². The molecule has 6 nitrogen and oxygen atoms in total. The highest BCUT2D eigenvalue weighted by molar-refractivity contribution is 5.86. The van der Waals surface area contributed by atoms with E-state index in [0.29, 0.717) is 26.2 Å². The predicted molar refractivity (Wildman–Crippen MR) is 115 cm³/mol. The fourth-order valence-corrected chi connectivity index (χ4v) is 5.34. The van der Waals surface area contributed by atoms with Gasteiger partial charge in [0.1, 0.15) is 0 Å². The Bertz CT molecular complexity index is 897. The van der Waals surface area contributed by atoms with Gasteiger partial charge in [-0.2, -0.15) is 0 Å². The third-order valence-corrected chi connectivity index (χ3v) is 6.77. The zero-order valence-electron chi connectivity index (χ0n) is 17.6. The van der Waals surface area contributed by atoms with Crippen LogP contribution in [0.5, 0.6) is 0 Å². The number of rotatable bonds is 3. The number of nitrogens with zero attached hydrogens (tertiary/aromatic N) is 2. The molecule has 1 aliphatic heterocycles. The molecular formula is C23H32N4O2. The van der Waals surface area contributed by atoms with Crippen LogP contribution >= 0.6 is 0 Å². The number of hydrogen-bond donors (Lipinski definition) is 2. The van der Waals surface area contributed by atoms with Gasteiger partial charge in [-0.3, -0.25) is 4.79 Å². The minimum atomic E-state index is -0.159. The average Bonchev–Trinajstić information content (AvgIpc) is 3.12. The Morgan fingerprint density at radius 3 is 2.72 bits per heavy atom. The molecule has 1 aromatic carbocycles. The van der Waals surface area contributed by atoms with E-state index in [-0.39, 0.29) is 17.5 Å². The van der Waals surface area contributed by atoms with E-state index < -0.39 is 0 Å². The SMILES string of the molecule is CC(=O)N1CCN(C(=O)NCCc2c[nH]c3cccc(C)c23)CC12CCCCC2. The van der Waals surface area contributed by atoms with Crippen molar-refractivity contribution in [1.82, 2.24) is 20.1 Å². The van der Waals surface area contributed by atoms with Crippen LogP contribution in [0.1, 0.15) is 50.2 Å². The summed E-state index contributed by atoms with van der Waals surface area (Å²) < 4.78 is 0. The smallest absolute Gasteiger partial charge is 0.317 e. The quantitative estimate of drug-likeness (QED) is 0.832.